The molecule has 1 nitrogen and oxygen atoms in total. The van der Waals surface area contributed by atoms with Crippen LogP contribution in [0.3, 0.4) is 0 Å². The van der Waals surface area contributed by atoms with E-state index in [1.54, 1.807) is 0 Å². The van der Waals surface area contributed by atoms with E-state index in [0.717, 1.165) is 6.61 Å². The molecule has 0 bridgehead atoms. The summed E-state index contributed by atoms with van der Waals surface area (Å²) in [5.41, 5.74) is 0. The monoisotopic (exact) mass is 81.0 g/mol. The summed E-state index contributed by atoms with van der Waals surface area (Å²) in [5, 5.41) is 0. The van der Waals surface area contributed by atoms with Crippen molar-refractivity contribution >= 4 is 29.6 Å². The zero-order chi connectivity index (χ0) is 2.99. The Labute approximate surface area is 54.0 Å². The van der Waals surface area contributed by atoms with E-state index in [1.165, 1.54) is 0 Å². The van der Waals surface area contributed by atoms with Gasteiger partial charge in [-0.2, -0.15) is 0 Å². The minimum absolute atomic E-state index is 0. The first-order valence-electron chi connectivity index (χ1n) is 1.34. The molecule has 0 saturated carbocycles. The van der Waals surface area contributed by atoms with Gasteiger partial charge in [-0.15, -0.1) is 0 Å². The fourth-order valence-corrected chi connectivity index (χ4v) is 0.0680. The Morgan fingerprint density at radius 2 is 2.00 bits per heavy atom. The van der Waals surface area contributed by atoms with Gasteiger partial charge in [-0.1, -0.05) is 0 Å². The van der Waals surface area contributed by atoms with Crippen LogP contribution in [0.15, 0.2) is 0 Å². The molecule has 1 saturated heterocycles. The molecule has 1 fully saturated rings. The quantitative estimate of drug-likeness (QED) is 0.285. The van der Waals surface area contributed by atoms with Crippen molar-refractivity contribution in [3.05, 3.63) is 6.92 Å². The van der Waals surface area contributed by atoms with E-state index in [1.807, 2.05) is 0 Å². The van der Waals surface area contributed by atoms with Crippen LogP contribution in [0.1, 0.15) is 0 Å². The number of hydrogen-bond acceptors (Lipinski definition) is 1. The number of hydrogen-bond donors (Lipinski definition) is 0. The van der Waals surface area contributed by atoms with Gasteiger partial charge in [-0.05, 0) is 6.92 Å². The average molecular weight is 81.1 g/mol. The van der Waals surface area contributed by atoms with E-state index >= 15 is 0 Å². The predicted octanol–water partition coefficient (Wildman–Crippen LogP) is -0.429. The molecule has 25 valence electrons. The van der Waals surface area contributed by atoms with Crippen molar-refractivity contribution in [1.29, 1.82) is 0 Å². The number of epoxide rings is 1. The number of rotatable bonds is 0. The second-order valence-corrected chi connectivity index (χ2v) is 0.955. The molecule has 0 N–H and O–H groups in total. The van der Waals surface area contributed by atoms with Gasteiger partial charge in [0.05, 0.1) is 12.7 Å². The van der Waals surface area contributed by atoms with E-state index in [9.17, 15) is 0 Å². The van der Waals surface area contributed by atoms with Gasteiger partial charge in [0.2, 0.25) is 0 Å². The molecule has 1 aliphatic rings. The molecule has 0 amide bonds. The molecular formula is C3H6NaO. The van der Waals surface area contributed by atoms with Crippen molar-refractivity contribution in [1.82, 2.24) is 0 Å². The van der Waals surface area contributed by atoms with Gasteiger partial charge in [0.25, 0.3) is 0 Å². The fourth-order valence-electron chi connectivity index (χ4n) is 0.0680. The summed E-state index contributed by atoms with van der Waals surface area (Å²) in [6.07, 6.45) is 0.333. The SMILES string of the molecule is [CH2]C1CO1.[NaH]. The van der Waals surface area contributed by atoms with Gasteiger partial charge in [0.1, 0.15) is 0 Å². The molecule has 2 heteroatoms. The third kappa shape index (κ3) is 2.77. The Balaban J connectivity index is 0.000000160. The molecule has 0 aromatic heterocycles. The van der Waals surface area contributed by atoms with Crippen LogP contribution in [0.25, 0.3) is 0 Å². The molecule has 1 atom stereocenters. The van der Waals surface area contributed by atoms with Crippen LogP contribution in [-0.2, 0) is 4.74 Å². The molecule has 0 aromatic carbocycles. The van der Waals surface area contributed by atoms with Gasteiger partial charge < -0.3 is 4.74 Å². The van der Waals surface area contributed by atoms with E-state index < -0.39 is 0 Å². The predicted molar refractivity (Wildman–Crippen MR) is 22.2 cm³/mol. The molecule has 1 rings (SSSR count). The zero-order valence-electron chi connectivity index (χ0n) is 2.40. The van der Waals surface area contributed by atoms with Crippen LogP contribution in [0.4, 0.5) is 0 Å². The standard InChI is InChI=1S/C3H5O.Na.H/c1-3-2-4-3;;/h3H,1-2H2;;. The maximum absolute atomic E-state index is 4.60. The summed E-state index contributed by atoms with van der Waals surface area (Å²) in [6, 6.07) is 0. The van der Waals surface area contributed by atoms with Gasteiger partial charge >= 0.3 is 29.6 Å². The third-order valence-corrected chi connectivity index (χ3v) is 0.402. The number of ether oxygens (including phenoxy) is 1. The van der Waals surface area contributed by atoms with E-state index in [-0.39, 0.29) is 29.6 Å². The molecule has 0 aromatic rings. The van der Waals surface area contributed by atoms with E-state index in [0.29, 0.717) is 6.10 Å². The summed E-state index contributed by atoms with van der Waals surface area (Å²) in [6.45, 7) is 4.40. The minimum atomic E-state index is 0. The molecule has 0 spiro atoms. The topological polar surface area (TPSA) is 12.5 Å². The van der Waals surface area contributed by atoms with Gasteiger partial charge in [0.15, 0.2) is 0 Å². The van der Waals surface area contributed by atoms with Gasteiger partial charge in [-0.3, -0.25) is 0 Å². The Kier molecular flexibility index (Phi) is 2.61. The Bertz CT molecular complexity index is 26.1. The Morgan fingerprint density at radius 3 is 2.00 bits per heavy atom. The van der Waals surface area contributed by atoms with Gasteiger partial charge in [-0.25, -0.2) is 0 Å². The first-order valence-corrected chi connectivity index (χ1v) is 1.34. The zero-order valence-corrected chi connectivity index (χ0v) is 2.40. The van der Waals surface area contributed by atoms with Crippen LogP contribution < -0.4 is 0 Å². The molecule has 5 heavy (non-hydrogen) atoms. The molecule has 1 unspecified atom stereocenters. The average Bonchev–Trinajstić information content (AvgIpc) is 1.75. The first-order chi connectivity index (χ1) is 1.89. The van der Waals surface area contributed by atoms with Gasteiger partial charge in [0, 0.05) is 0 Å². The molecule has 1 radical (unpaired) electrons. The summed E-state index contributed by atoms with van der Waals surface area (Å²) >= 11 is 0. The van der Waals surface area contributed by atoms with Crippen LogP contribution in [0.2, 0.25) is 0 Å². The second kappa shape index (κ2) is 2.19. The Hall–Kier alpha value is 0.960. The normalized spacial score (nSPS) is 31.8. The molecule has 1 aliphatic heterocycles. The van der Waals surface area contributed by atoms with Crippen molar-refractivity contribution in [3.63, 3.8) is 0 Å². The van der Waals surface area contributed by atoms with Crippen LogP contribution >= 0.6 is 0 Å². The van der Waals surface area contributed by atoms with E-state index in [4.69, 9.17) is 0 Å². The van der Waals surface area contributed by atoms with Crippen molar-refractivity contribution < 1.29 is 4.74 Å². The van der Waals surface area contributed by atoms with Crippen LogP contribution in [0, 0.1) is 6.92 Å². The first kappa shape index (κ1) is 5.96. The summed E-state index contributed by atoms with van der Waals surface area (Å²) in [5.74, 6) is 0. The third-order valence-electron chi connectivity index (χ3n) is 0.402. The van der Waals surface area contributed by atoms with Crippen LogP contribution in [-0.4, -0.2) is 42.3 Å². The Morgan fingerprint density at radius 1 is 1.80 bits per heavy atom. The maximum atomic E-state index is 4.60. The summed E-state index contributed by atoms with van der Waals surface area (Å²) < 4.78 is 4.60. The fraction of sp³-hybridized carbons (Fsp3) is 0.667. The summed E-state index contributed by atoms with van der Waals surface area (Å²) in [4.78, 5) is 0. The summed E-state index contributed by atoms with van der Waals surface area (Å²) in [7, 11) is 0. The van der Waals surface area contributed by atoms with Crippen molar-refractivity contribution in [2.75, 3.05) is 6.61 Å². The van der Waals surface area contributed by atoms with Crippen LogP contribution in [0.5, 0.6) is 0 Å². The van der Waals surface area contributed by atoms with E-state index in [2.05, 4.69) is 11.7 Å². The second-order valence-electron chi connectivity index (χ2n) is 0.955. The molecular weight excluding hydrogens is 75.0 g/mol. The van der Waals surface area contributed by atoms with Crippen molar-refractivity contribution in [2.24, 2.45) is 0 Å². The molecule has 0 aliphatic carbocycles. The molecule has 1 heterocycles. The van der Waals surface area contributed by atoms with Crippen molar-refractivity contribution in [3.8, 4) is 0 Å². The van der Waals surface area contributed by atoms with Crippen molar-refractivity contribution in [2.45, 2.75) is 6.10 Å².